The van der Waals surface area contributed by atoms with Crippen molar-refractivity contribution >= 4 is 11.6 Å². The third-order valence-electron chi connectivity index (χ3n) is 2.56. The molecule has 18 heavy (non-hydrogen) atoms. The zero-order valence-corrected chi connectivity index (χ0v) is 10.6. The predicted molar refractivity (Wildman–Crippen MR) is 70.8 cm³/mol. The number of ether oxygens (including phenoxy) is 1. The van der Waals surface area contributed by atoms with Gasteiger partial charge < -0.3 is 9.84 Å². The molecule has 0 saturated carbocycles. The van der Waals surface area contributed by atoms with Crippen molar-refractivity contribution in [2.24, 2.45) is 0 Å². The van der Waals surface area contributed by atoms with E-state index in [-0.39, 0.29) is 6.61 Å². The SMILES string of the molecule is OCc1cc(Cl)ccc1OCCc1cccnc1. The van der Waals surface area contributed by atoms with Gasteiger partial charge in [-0.25, -0.2) is 0 Å². The summed E-state index contributed by atoms with van der Waals surface area (Å²) >= 11 is 5.85. The van der Waals surface area contributed by atoms with Gasteiger partial charge in [-0.05, 0) is 29.8 Å². The van der Waals surface area contributed by atoms with Crippen LogP contribution in [0.3, 0.4) is 0 Å². The lowest BCUT2D eigenvalue weighted by molar-refractivity contribution is 0.264. The molecule has 0 aliphatic heterocycles. The number of rotatable bonds is 5. The Hall–Kier alpha value is -1.58. The Morgan fingerprint density at radius 3 is 2.89 bits per heavy atom. The maximum atomic E-state index is 9.21. The lowest BCUT2D eigenvalue weighted by Crippen LogP contribution is -2.03. The topological polar surface area (TPSA) is 42.4 Å². The van der Waals surface area contributed by atoms with Gasteiger partial charge in [0.15, 0.2) is 0 Å². The Labute approximate surface area is 111 Å². The number of halogens is 1. The summed E-state index contributed by atoms with van der Waals surface area (Å²) in [6.45, 7) is 0.461. The van der Waals surface area contributed by atoms with E-state index in [1.54, 1.807) is 24.4 Å². The number of hydrogen-bond acceptors (Lipinski definition) is 3. The first kappa shape index (κ1) is 12.9. The van der Waals surface area contributed by atoms with E-state index < -0.39 is 0 Å². The Kier molecular flexibility index (Phi) is 4.56. The summed E-state index contributed by atoms with van der Waals surface area (Å²) in [6.07, 6.45) is 4.34. The van der Waals surface area contributed by atoms with Crippen LogP contribution in [-0.4, -0.2) is 16.7 Å². The second-order valence-corrected chi connectivity index (χ2v) is 4.31. The largest absolute Gasteiger partial charge is 0.493 e. The molecule has 0 bridgehead atoms. The molecule has 0 spiro atoms. The monoisotopic (exact) mass is 263 g/mol. The van der Waals surface area contributed by atoms with Gasteiger partial charge in [-0.2, -0.15) is 0 Å². The number of hydrogen-bond donors (Lipinski definition) is 1. The lowest BCUT2D eigenvalue weighted by Gasteiger charge is -2.10. The van der Waals surface area contributed by atoms with Gasteiger partial charge in [-0.15, -0.1) is 0 Å². The second-order valence-electron chi connectivity index (χ2n) is 3.87. The first-order valence-electron chi connectivity index (χ1n) is 5.70. The summed E-state index contributed by atoms with van der Waals surface area (Å²) in [5.41, 5.74) is 1.82. The standard InChI is InChI=1S/C14H14ClNO2/c15-13-3-4-14(12(8-13)10-17)18-7-5-11-2-1-6-16-9-11/h1-4,6,8-9,17H,5,7,10H2. The summed E-state index contributed by atoms with van der Waals surface area (Å²) in [7, 11) is 0. The zero-order chi connectivity index (χ0) is 12.8. The quantitative estimate of drug-likeness (QED) is 0.902. The Morgan fingerprint density at radius 1 is 1.28 bits per heavy atom. The number of aliphatic hydroxyl groups excluding tert-OH is 1. The van der Waals surface area contributed by atoms with E-state index in [1.165, 1.54) is 0 Å². The highest BCUT2D eigenvalue weighted by Crippen LogP contribution is 2.23. The summed E-state index contributed by atoms with van der Waals surface area (Å²) in [5.74, 6) is 0.672. The molecule has 0 amide bonds. The number of nitrogens with zero attached hydrogens (tertiary/aromatic N) is 1. The van der Waals surface area contributed by atoms with Crippen molar-refractivity contribution in [2.45, 2.75) is 13.0 Å². The molecule has 0 saturated heterocycles. The maximum Gasteiger partial charge on any atom is 0.124 e. The van der Waals surface area contributed by atoms with Crippen LogP contribution in [0.2, 0.25) is 5.02 Å². The highest BCUT2D eigenvalue weighted by Gasteiger charge is 2.03. The fourth-order valence-corrected chi connectivity index (χ4v) is 1.83. The molecule has 1 N–H and O–H groups in total. The van der Waals surface area contributed by atoms with E-state index >= 15 is 0 Å². The molecule has 1 aromatic heterocycles. The molecular formula is C14H14ClNO2. The van der Waals surface area contributed by atoms with Crippen molar-refractivity contribution in [3.8, 4) is 5.75 Å². The molecule has 2 rings (SSSR count). The Balaban J connectivity index is 1.94. The van der Waals surface area contributed by atoms with Crippen molar-refractivity contribution in [1.82, 2.24) is 4.98 Å². The average molecular weight is 264 g/mol. The van der Waals surface area contributed by atoms with Crippen molar-refractivity contribution < 1.29 is 9.84 Å². The van der Waals surface area contributed by atoms with Crippen LogP contribution in [0.15, 0.2) is 42.7 Å². The normalized spacial score (nSPS) is 10.3. The molecule has 1 heterocycles. The summed E-state index contributed by atoms with van der Waals surface area (Å²) < 4.78 is 5.64. The van der Waals surface area contributed by atoms with Gasteiger partial charge in [0, 0.05) is 29.4 Å². The third-order valence-corrected chi connectivity index (χ3v) is 2.80. The highest BCUT2D eigenvalue weighted by molar-refractivity contribution is 6.30. The highest BCUT2D eigenvalue weighted by atomic mass is 35.5. The molecule has 0 aliphatic carbocycles. The van der Waals surface area contributed by atoms with Gasteiger partial charge in [0.1, 0.15) is 5.75 Å². The molecule has 0 aliphatic rings. The molecular weight excluding hydrogens is 250 g/mol. The summed E-state index contributed by atoms with van der Waals surface area (Å²) in [5, 5.41) is 9.81. The maximum absolute atomic E-state index is 9.21. The van der Waals surface area contributed by atoms with Crippen LogP contribution in [0.4, 0.5) is 0 Å². The number of aliphatic hydroxyl groups is 1. The second kappa shape index (κ2) is 6.38. The molecule has 0 fully saturated rings. The van der Waals surface area contributed by atoms with Crippen LogP contribution in [0.1, 0.15) is 11.1 Å². The summed E-state index contributed by atoms with van der Waals surface area (Å²) in [4.78, 5) is 4.04. The molecule has 3 nitrogen and oxygen atoms in total. The number of pyridine rings is 1. The minimum Gasteiger partial charge on any atom is -0.493 e. The minimum absolute atomic E-state index is 0.0806. The predicted octanol–water partition coefficient (Wildman–Crippen LogP) is 2.85. The number of benzene rings is 1. The van der Waals surface area contributed by atoms with E-state index in [4.69, 9.17) is 16.3 Å². The van der Waals surface area contributed by atoms with Crippen LogP contribution in [0, 0.1) is 0 Å². The lowest BCUT2D eigenvalue weighted by atomic mass is 10.2. The summed E-state index contributed by atoms with van der Waals surface area (Å²) in [6, 6.07) is 9.14. The van der Waals surface area contributed by atoms with Crippen molar-refractivity contribution in [2.75, 3.05) is 6.61 Å². The van der Waals surface area contributed by atoms with Crippen LogP contribution < -0.4 is 4.74 Å². The van der Waals surface area contributed by atoms with Gasteiger partial charge in [-0.3, -0.25) is 4.98 Å². The van der Waals surface area contributed by atoms with Crippen molar-refractivity contribution in [3.63, 3.8) is 0 Å². The minimum atomic E-state index is -0.0806. The Bertz CT molecular complexity index is 502. The van der Waals surface area contributed by atoms with E-state index in [2.05, 4.69) is 4.98 Å². The van der Waals surface area contributed by atoms with E-state index in [9.17, 15) is 5.11 Å². The third kappa shape index (κ3) is 3.45. The zero-order valence-electron chi connectivity index (χ0n) is 9.84. The van der Waals surface area contributed by atoms with E-state index in [1.807, 2.05) is 18.3 Å². The molecule has 0 radical (unpaired) electrons. The van der Waals surface area contributed by atoms with Gasteiger partial charge >= 0.3 is 0 Å². The molecule has 4 heteroatoms. The van der Waals surface area contributed by atoms with Crippen LogP contribution >= 0.6 is 11.6 Å². The molecule has 1 aromatic carbocycles. The van der Waals surface area contributed by atoms with Gasteiger partial charge in [0.2, 0.25) is 0 Å². The van der Waals surface area contributed by atoms with Crippen LogP contribution in [0.5, 0.6) is 5.75 Å². The van der Waals surface area contributed by atoms with Crippen LogP contribution in [-0.2, 0) is 13.0 Å². The van der Waals surface area contributed by atoms with E-state index in [0.29, 0.717) is 22.9 Å². The van der Waals surface area contributed by atoms with Crippen molar-refractivity contribution in [1.29, 1.82) is 0 Å². The molecule has 94 valence electrons. The first-order valence-corrected chi connectivity index (χ1v) is 6.08. The smallest absolute Gasteiger partial charge is 0.124 e. The number of aromatic nitrogens is 1. The molecule has 0 unspecified atom stereocenters. The fourth-order valence-electron chi connectivity index (χ4n) is 1.64. The fraction of sp³-hybridized carbons (Fsp3) is 0.214. The Morgan fingerprint density at radius 2 is 2.17 bits per heavy atom. The van der Waals surface area contributed by atoms with Gasteiger partial charge in [-0.1, -0.05) is 17.7 Å². The van der Waals surface area contributed by atoms with Gasteiger partial charge in [0.05, 0.1) is 13.2 Å². The first-order chi connectivity index (χ1) is 8.79. The average Bonchev–Trinajstić information content (AvgIpc) is 2.41. The molecule has 2 aromatic rings. The van der Waals surface area contributed by atoms with Crippen LogP contribution in [0.25, 0.3) is 0 Å². The van der Waals surface area contributed by atoms with Gasteiger partial charge in [0.25, 0.3) is 0 Å². The van der Waals surface area contributed by atoms with E-state index in [0.717, 1.165) is 12.0 Å². The van der Waals surface area contributed by atoms with Crippen molar-refractivity contribution in [3.05, 3.63) is 58.9 Å². The molecule has 0 atom stereocenters.